The molecule has 28 heavy (non-hydrogen) atoms. The van der Waals surface area contributed by atoms with Crippen LogP contribution in [0.2, 0.25) is 0 Å². The lowest BCUT2D eigenvalue weighted by molar-refractivity contribution is -0.132. The number of carbonyl (C=O) groups is 2. The molecule has 1 N–H and O–H groups in total. The normalized spacial score (nSPS) is 17.8. The van der Waals surface area contributed by atoms with E-state index in [-0.39, 0.29) is 17.6 Å². The van der Waals surface area contributed by atoms with Crippen molar-refractivity contribution in [1.82, 2.24) is 9.21 Å². The van der Waals surface area contributed by atoms with Gasteiger partial charge in [-0.3, -0.25) is 9.59 Å². The van der Waals surface area contributed by atoms with Crippen molar-refractivity contribution >= 4 is 27.5 Å². The van der Waals surface area contributed by atoms with E-state index in [1.807, 2.05) is 18.2 Å². The van der Waals surface area contributed by atoms with Crippen molar-refractivity contribution in [1.29, 1.82) is 0 Å². The number of hydrogen-bond donors (Lipinski definition) is 1. The van der Waals surface area contributed by atoms with E-state index in [4.69, 9.17) is 4.74 Å². The number of fused-ring (bicyclic) bond motifs is 1. The molecule has 2 amide bonds. The minimum Gasteiger partial charge on any atom is -0.494 e. The Labute approximate surface area is 165 Å². The molecule has 0 aliphatic carbocycles. The average molecular weight is 410 g/mol. The summed E-state index contributed by atoms with van der Waals surface area (Å²) in [5.41, 5.74) is 1.90. The van der Waals surface area contributed by atoms with Crippen molar-refractivity contribution in [2.24, 2.45) is 0 Å². The van der Waals surface area contributed by atoms with Crippen LogP contribution in [0.3, 0.4) is 0 Å². The molecule has 154 valence electrons. The smallest absolute Gasteiger partial charge is 0.224 e. The zero-order chi connectivity index (χ0) is 20.1. The first-order valence-corrected chi connectivity index (χ1v) is 11.3. The molecule has 3 rings (SSSR count). The van der Waals surface area contributed by atoms with Crippen molar-refractivity contribution in [2.45, 2.75) is 32.6 Å². The fraction of sp³-hybridized carbons (Fsp3) is 0.579. The van der Waals surface area contributed by atoms with Crippen LogP contribution < -0.4 is 10.1 Å². The maximum atomic E-state index is 12.3. The van der Waals surface area contributed by atoms with Crippen LogP contribution in [0.4, 0.5) is 5.69 Å². The lowest BCUT2D eigenvalue weighted by Gasteiger charge is -2.33. The van der Waals surface area contributed by atoms with Crippen molar-refractivity contribution in [2.75, 3.05) is 43.9 Å². The lowest BCUT2D eigenvalue weighted by atomic mass is 10.0. The minimum absolute atomic E-state index is 0.0327. The number of benzene rings is 1. The van der Waals surface area contributed by atoms with Gasteiger partial charge in [0.15, 0.2) is 0 Å². The zero-order valence-electron chi connectivity index (χ0n) is 16.1. The van der Waals surface area contributed by atoms with E-state index in [0.29, 0.717) is 58.5 Å². The average Bonchev–Trinajstić information content (AvgIpc) is 2.71. The Bertz CT molecular complexity index is 832. The molecule has 0 aromatic heterocycles. The topological polar surface area (TPSA) is 96.0 Å². The highest BCUT2D eigenvalue weighted by Gasteiger charge is 2.27. The second-order valence-electron chi connectivity index (χ2n) is 7.00. The number of ether oxygens (including phenoxy) is 1. The van der Waals surface area contributed by atoms with E-state index in [2.05, 4.69) is 5.32 Å². The molecule has 2 aliphatic rings. The fourth-order valence-corrected chi connectivity index (χ4v) is 4.50. The zero-order valence-corrected chi connectivity index (χ0v) is 17.0. The van der Waals surface area contributed by atoms with Gasteiger partial charge >= 0.3 is 0 Å². The molecular weight excluding hydrogens is 382 g/mol. The molecule has 8 nitrogen and oxygen atoms in total. The second kappa shape index (κ2) is 8.91. The first kappa shape index (κ1) is 20.6. The third-order valence-corrected chi connectivity index (χ3v) is 7.01. The van der Waals surface area contributed by atoms with Gasteiger partial charge in [-0.2, -0.15) is 4.31 Å². The summed E-state index contributed by atoms with van der Waals surface area (Å²) in [6.45, 7) is 3.67. The molecule has 0 bridgehead atoms. The first-order valence-electron chi connectivity index (χ1n) is 9.70. The Morgan fingerprint density at radius 3 is 2.64 bits per heavy atom. The summed E-state index contributed by atoms with van der Waals surface area (Å²) >= 11 is 0. The maximum Gasteiger partial charge on any atom is 0.224 e. The van der Waals surface area contributed by atoms with Crippen LogP contribution in [0.1, 0.15) is 31.7 Å². The Kier molecular flexibility index (Phi) is 6.56. The summed E-state index contributed by atoms with van der Waals surface area (Å²) in [7, 11) is -3.18. The van der Waals surface area contributed by atoms with Gasteiger partial charge < -0.3 is 15.0 Å². The van der Waals surface area contributed by atoms with Gasteiger partial charge in [0.25, 0.3) is 0 Å². The van der Waals surface area contributed by atoms with Crippen molar-refractivity contribution in [3.05, 3.63) is 23.8 Å². The number of aryl methyl sites for hydroxylation is 1. The maximum absolute atomic E-state index is 12.3. The standard InChI is InChI=1S/C19H27N3O5S/c1-2-28(25,26)22-11-9-21(10-12-22)19(24)4-3-13-27-16-6-7-17-15(14-16)5-8-18(23)20-17/h6-7,14H,2-5,8-13H2,1H3,(H,20,23). The summed E-state index contributed by atoms with van der Waals surface area (Å²) in [5, 5.41) is 2.84. The van der Waals surface area contributed by atoms with E-state index in [0.717, 1.165) is 17.0 Å². The highest BCUT2D eigenvalue weighted by Crippen LogP contribution is 2.26. The van der Waals surface area contributed by atoms with Crippen LogP contribution >= 0.6 is 0 Å². The monoisotopic (exact) mass is 409 g/mol. The molecule has 1 aromatic rings. The lowest BCUT2D eigenvalue weighted by Crippen LogP contribution is -2.50. The summed E-state index contributed by atoms with van der Waals surface area (Å²) in [6.07, 6.45) is 2.16. The van der Waals surface area contributed by atoms with Crippen molar-refractivity contribution in [3.63, 3.8) is 0 Å². The van der Waals surface area contributed by atoms with Crippen LogP contribution in [-0.2, 0) is 26.0 Å². The highest BCUT2D eigenvalue weighted by atomic mass is 32.2. The molecule has 2 heterocycles. The number of nitrogens with one attached hydrogen (secondary N) is 1. The molecule has 0 saturated carbocycles. The van der Waals surface area contributed by atoms with E-state index >= 15 is 0 Å². The molecule has 2 aliphatic heterocycles. The van der Waals surface area contributed by atoms with Gasteiger partial charge in [0, 0.05) is 44.7 Å². The Balaban J connectivity index is 1.39. The van der Waals surface area contributed by atoms with Gasteiger partial charge in [-0.25, -0.2) is 8.42 Å². The van der Waals surface area contributed by atoms with Gasteiger partial charge in [0.1, 0.15) is 5.75 Å². The number of amides is 2. The summed E-state index contributed by atoms with van der Waals surface area (Å²) in [5.74, 6) is 0.895. The SMILES string of the molecule is CCS(=O)(=O)N1CCN(C(=O)CCCOc2ccc3c(c2)CCC(=O)N3)CC1. The third kappa shape index (κ3) is 5.02. The second-order valence-corrected chi connectivity index (χ2v) is 9.26. The van der Waals surface area contributed by atoms with Gasteiger partial charge in [0.05, 0.1) is 12.4 Å². The van der Waals surface area contributed by atoms with Crippen molar-refractivity contribution < 1.29 is 22.7 Å². The molecule has 0 atom stereocenters. The summed E-state index contributed by atoms with van der Waals surface area (Å²) in [6, 6.07) is 5.60. The molecule has 1 aromatic carbocycles. The largest absolute Gasteiger partial charge is 0.494 e. The molecule has 0 unspecified atom stereocenters. The molecule has 0 radical (unpaired) electrons. The quantitative estimate of drug-likeness (QED) is 0.683. The Morgan fingerprint density at radius 2 is 1.93 bits per heavy atom. The predicted molar refractivity (Wildman–Crippen MR) is 106 cm³/mol. The molecular formula is C19H27N3O5S. The van der Waals surface area contributed by atoms with Gasteiger partial charge in [-0.05, 0) is 43.5 Å². The van der Waals surface area contributed by atoms with E-state index in [9.17, 15) is 18.0 Å². The van der Waals surface area contributed by atoms with E-state index < -0.39 is 10.0 Å². The van der Waals surface area contributed by atoms with Gasteiger partial charge in [-0.1, -0.05) is 0 Å². The van der Waals surface area contributed by atoms with Crippen molar-refractivity contribution in [3.8, 4) is 5.75 Å². The Hall–Kier alpha value is -2.13. The van der Waals surface area contributed by atoms with Gasteiger partial charge in [-0.15, -0.1) is 0 Å². The van der Waals surface area contributed by atoms with Gasteiger partial charge in [0.2, 0.25) is 21.8 Å². The van der Waals surface area contributed by atoms with E-state index in [1.165, 1.54) is 4.31 Å². The Morgan fingerprint density at radius 1 is 1.18 bits per heavy atom. The summed E-state index contributed by atoms with van der Waals surface area (Å²) < 4.78 is 30.9. The number of rotatable bonds is 7. The minimum atomic E-state index is -3.18. The van der Waals surface area contributed by atoms with Crippen LogP contribution in [0.15, 0.2) is 18.2 Å². The number of hydrogen-bond acceptors (Lipinski definition) is 5. The number of nitrogens with zero attached hydrogens (tertiary/aromatic N) is 2. The number of piperazine rings is 1. The van der Waals surface area contributed by atoms with Crippen LogP contribution in [0.25, 0.3) is 0 Å². The van der Waals surface area contributed by atoms with E-state index in [1.54, 1.807) is 11.8 Å². The molecule has 1 fully saturated rings. The predicted octanol–water partition coefficient (Wildman–Crippen LogP) is 1.22. The number of carbonyl (C=O) groups excluding carboxylic acids is 2. The van der Waals surface area contributed by atoms with Crippen LogP contribution in [0, 0.1) is 0 Å². The molecule has 9 heteroatoms. The number of sulfonamides is 1. The molecule has 1 saturated heterocycles. The highest BCUT2D eigenvalue weighted by molar-refractivity contribution is 7.89. The molecule has 0 spiro atoms. The fourth-order valence-electron chi connectivity index (χ4n) is 3.42. The number of anilines is 1. The summed E-state index contributed by atoms with van der Waals surface area (Å²) in [4.78, 5) is 25.4. The van der Waals surface area contributed by atoms with Crippen LogP contribution in [-0.4, -0.2) is 68.0 Å². The first-order chi connectivity index (χ1) is 13.4. The third-order valence-electron chi connectivity index (χ3n) is 5.13. The van der Waals surface area contributed by atoms with Crippen LogP contribution in [0.5, 0.6) is 5.75 Å².